The predicted molar refractivity (Wildman–Crippen MR) is 145 cm³/mol. The Balaban J connectivity index is 1.44. The minimum atomic E-state index is -1.17. The molecule has 0 aliphatic rings. The monoisotopic (exact) mass is 553 g/mol. The molecule has 0 saturated carbocycles. The molecule has 0 bridgehead atoms. The smallest absolute Gasteiger partial charge is 0.326 e. The van der Waals surface area contributed by atoms with E-state index < -0.39 is 17.9 Å². The molecular weight excluding hydrogens is 533 g/mol. The summed E-state index contributed by atoms with van der Waals surface area (Å²) in [6.07, 6.45) is 6.92. The second kappa shape index (κ2) is 12.4. The zero-order chi connectivity index (χ0) is 26.2. The van der Waals surface area contributed by atoms with Gasteiger partial charge < -0.3 is 15.3 Å². The van der Waals surface area contributed by atoms with Crippen LogP contribution in [-0.2, 0) is 11.3 Å². The van der Waals surface area contributed by atoms with E-state index in [0.29, 0.717) is 12.5 Å². The Hall–Kier alpha value is -3.79. The van der Waals surface area contributed by atoms with Crippen LogP contribution >= 0.6 is 34.5 Å². The molecule has 1 amide bonds. The van der Waals surface area contributed by atoms with Gasteiger partial charge in [0.25, 0.3) is 5.91 Å². The molecule has 2 N–H and O–H groups in total. The van der Waals surface area contributed by atoms with Gasteiger partial charge in [0, 0.05) is 23.5 Å². The van der Waals surface area contributed by atoms with Gasteiger partial charge in [-0.3, -0.25) is 4.79 Å². The number of nitrogens with one attached hydrogen (secondary N) is 1. The predicted octanol–water partition coefficient (Wildman–Crippen LogP) is 5.86. The number of hydrogen-bond acceptors (Lipinski definition) is 7. The van der Waals surface area contributed by atoms with Crippen LogP contribution < -0.4 is 10.2 Å². The molecule has 37 heavy (non-hydrogen) atoms. The van der Waals surface area contributed by atoms with Crippen molar-refractivity contribution < 1.29 is 14.7 Å². The Labute approximate surface area is 227 Å². The molecule has 0 saturated heterocycles. The third kappa shape index (κ3) is 6.91. The number of anilines is 2. The topological polar surface area (TPSA) is 108 Å². The van der Waals surface area contributed by atoms with Crippen LogP contribution in [0.3, 0.4) is 0 Å². The minimum absolute atomic E-state index is 0.0428. The standard InChI is InChI=1S/C26H21Cl2N5O3S/c27-20-5-2-6-21(28)23(20)24(34)32-22(25(35)36)7-1-4-17-8-10-19(11-9-17)33(14-18-15-37-16-31-18)26-29-12-3-13-30-26/h1-6,8-13,15-16,22H,7,14H2,(H,32,34)(H,35,36). The van der Waals surface area contributed by atoms with Crippen molar-refractivity contribution in [3.8, 4) is 0 Å². The lowest BCUT2D eigenvalue weighted by Gasteiger charge is -2.21. The quantitative estimate of drug-likeness (QED) is 0.253. The molecule has 1 unspecified atom stereocenters. The number of carboxylic acid groups (broad SMARTS) is 1. The summed E-state index contributed by atoms with van der Waals surface area (Å²) in [7, 11) is 0. The number of amides is 1. The highest BCUT2D eigenvalue weighted by atomic mass is 35.5. The number of rotatable bonds is 10. The number of aliphatic carboxylic acids is 1. The molecule has 0 aliphatic heterocycles. The lowest BCUT2D eigenvalue weighted by atomic mass is 10.1. The van der Waals surface area contributed by atoms with Gasteiger partial charge in [0.1, 0.15) is 6.04 Å². The van der Waals surface area contributed by atoms with Gasteiger partial charge in [0.15, 0.2) is 0 Å². The van der Waals surface area contributed by atoms with Crippen LogP contribution in [0, 0.1) is 0 Å². The lowest BCUT2D eigenvalue weighted by molar-refractivity contribution is -0.139. The Morgan fingerprint density at radius 2 is 1.73 bits per heavy atom. The number of benzene rings is 2. The highest BCUT2D eigenvalue weighted by Crippen LogP contribution is 2.26. The number of nitrogens with zero attached hydrogens (tertiary/aromatic N) is 4. The molecule has 4 rings (SSSR count). The number of thiazole rings is 1. The van der Waals surface area contributed by atoms with Crippen LogP contribution in [-0.4, -0.2) is 38.0 Å². The van der Waals surface area contributed by atoms with Crippen molar-refractivity contribution in [3.05, 3.63) is 105 Å². The largest absolute Gasteiger partial charge is 0.480 e. The van der Waals surface area contributed by atoms with Gasteiger partial charge in [-0.2, -0.15) is 0 Å². The van der Waals surface area contributed by atoms with Crippen molar-refractivity contribution in [3.63, 3.8) is 0 Å². The van der Waals surface area contributed by atoms with Crippen LogP contribution in [0.25, 0.3) is 6.08 Å². The van der Waals surface area contributed by atoms with Crippen LogP contribution in [0.1, 0.15) is 28.0 Å². The van der Waals surface area contributed by atoms with Crippen molar-refractivity contribution in [2.75, 3.05) is 4.90 Å². The fraction of sp³-hybridized carbons (Fsp3) is 0.115. The first-order chi connectivity index (χ1) is 17.9. The maximum absolute atomic E-state index is 12.6. The number of halogens is 2. The molecule has 8 nitrogen and oxygen atoms in total. The fourth-order valence-corrected chi connectivity index (χ4v) is 4.58. The molecule has 0 spiro atoms. The van der Waals surface area contributed by atoms with Crippen LogP contribution in [0.15, 0.2) is 77.9 Å². The van der Waals surface area contributed by atoms with Gasteiger partial charge in [0.2, 0.25) is 5.95 Å². The molecule has 4 aromatic rings. The van der Waals surface area contributed by atoms with Crippen molar-refractivity contribution in [2.45, 2.75) is 19.0 Å². The molecule has 0 radical (unpaired) electrons. The number of hydrogen-bond donors (Lipinski definition) is 2. The van der Waals surface area contributed by atoms with E-state index >= 15 is 0 Å². The maximum atomic E-state index is 12.6. The zero-order valence-electron chi connectivity index (χ0n) is 19.3. The van der Waals surface area contributed by atoms with Crippen molar-refractivity contribution in [1.29, 1.82) is 0 Å². The minimum Gasteiger partial charge on any atom is -0.480 e. The third-order valence-corrected chi connectivity index (χ3v) is 6.54. The average Bonchev–Trinajstić information content (AvgIpc) is 3.41. The van der Waals surface area contributed by atoms with Gasteiger partial charge in [-0.1, -0.05) is 53.6 Å². The summed E-state index contributed by atoms with van der Waals surface area (Å²) in [6.45, 7) is 0.512. The molecule has 2 aromatic heterocycles. The second-order valence-corrected chi connectivity index (χ2v) is 9.34. The van der Waals surface area contributed by atoms with Gasteiger partial charge in [0.05, 0.1) is 33.4 Å². The van der Waals surface area contributed by atoms with Gasteiger partial charge >= 0.3 is 5.97 Å². The number of carboxylic acids is 1. The average molecular weight is 554 g/mol. The number of carbonyl (C=O) groups is 2. The van der Waals surface area contributed by atoms with E-state index in [-0.39, 0.29) is 22.0 Å². The molecule has 2 aromatic carbocycles. The molecule has 11 heteroatoms. The molecule has 2 heterocycles. The van der Waals surface area contributed by atoms with E-state index in [4.69, 9.17) is 23.2 Å². The second-order valence-electron chi connectivity index (χ2n) is 7.81. The molecule has 1 atom stereocenters. The van der Waals surface area contributed by atoms with Gasteiger partial charge in [-0.15, -0.1) is 11.3 Å². The molecular formula is C26H21Cl2N5O3S. The zero-order valence-corrected chi connectivity index (χ0v) is 21.6. The van der Waals surface area contributed by atoms with E-state index in [2.05, 4.69) is 20.3 Å². The SMILES string of the molecule is O=C(NC(CC=Cc1ccc(N(Cc2cscn2)c2ncccn2)cc1)C(=O)O)c1c(Cl)cccc1Cl. The fourth-order valence-electron chi connectivity index (χ4n) is 3.46. The number of carbonyl (C=O) groups excluding carboxylic acids is 1. The van der Waals surface area contributed by atoms with Crippen molar-refractivity contribution >= 4 is 64.1 Å². The summed E-state index contributed by atoms with van der Waals surface area (Å²) in [5.41, 5.74) is 4.46. The summed E-state index contributed by atoms with van der Waals surface area (Å²) in [5.74, 6) is -1.27. The number of aromatic nitrogens is 3. The Bertz CT molecular complexity index is 1360. The normalized spacial score (nSPS) is 11.8. The first-order valence-corrected chi connectivity index (χ1v) is 12.8. The van der Waals surface area contributed by atoms with Gasteiger partial charge in [-0.25, -0.2) is 19.7 Å². The van der Waals surface area contributed by atoms with Crippen LogP contribution in [0.4, 0.5) is 11.6 Å². The Morgan fingerprint density at radius 1 is 1.03 bits per heavy atom. The lowest BCUT2D eigenvalue weighted by Crippen LogP contribution is -2.40. The van der Waals surface area contributed by atoms with Crippen molar-refractivity contribution in [2.24, 2.45) is 0 Å². The highest BCUT2D eigenvalue weighted by Gasteiger charge is 2.22. The van der Waals surface area contributed by atoms with E-state index in [1.165, 1.54) is 23.5 Å². The molecule has 0 fully saturated rings. The Morgan fingerprint density at radius 3 is 2.35 bits per heavy atom. The highest BCUT2D eigenvalue weighted by molar-refractivity contribution is 7.07. The summed E-state index contributed by atoms with van der Waals surface area (Å²) < 4.78 is 0. The van der Waals surface area contributed by atoms with Crippen molar-refractivity contribution in [1.82, 2.24) is 20.3 Å². The summed E-state index contributed by atoms with van der Waals surface area (Å²) in [4.78, 5) is 39.4. The molecule has 188 valence electrons. The molecule has 0 aliphatic carbocycles. The summed E-state index contributed by atoms with van der Waals surface area (Å²) in [5, 5.41) is 14.3. The first kappa shape index (κ1) is 26.3. The summed E-state index contributed by atoms with van der Waals surface area (Å²) in [6, 6.07) is 12.9. The third-order valence-electron chi connectivity index (χ3n) is 5.28. The van der Waals surface area contributed by atoms with E-state index in [1.54, 1.807) is 42.2 Å². The first-order valence-electron chi connectivity index (χ1n) is 11.1. The maximum Gasteiger partial charge on any atom is 0.326 e. The van der Waals surface area contributed by atoms with E-state index in [0.717, 1.165) is 16.9 Å². The van der Waals surface area contributed by atoms with Gasteiger partial charge in [-0.05, 0) is 42.3 Å². The van der Waals surface area contributed by atoms with Crippen LogP contribution in [0.2, 0.25) is 10.0 Å². The summed E-state index contributed by atoms with van der Waals surface area (Å²) >= 11 is 13.7. The van der Waals surface area contributed by atoms with E-state index in [9.17, 15) is 14.7 Å². The van der Waals surface area contributed by atoms with Crippen LogP contribution in [0.5, 0.6) is 0 Å². The van der Waals surface area contributed by atoms with E-state index in [1.807, 2.05) is 34.5 Å². The Kier molecular flexibility index (Phi) is 8.84.